The lowest BCUT2D eigenvalue weighted by Crippen LogP contribution is -2.09. The summed E-state index contributed by atoms with van der Waals surface area (Å²) < 4.78 is 17.5. The van der Waals surface area contributed by atoms with Crippen molar-refractivity contribution in [3.8, 4) is 22.6 Å². The topological polar surface area (TPSA) is 54.1 Å². The van der Waals surface area contributed by atoms with Crippen molar-refractivity contribution in [3.05, 3.63) is 134 Å². The second-order valence-electron chi connectivity index (χ2n) is 10.9. The van der Waals surface area contributed by atoms with E-state index in [4.69, 9.17) is 9.47 Å². The first-order chi connectivity index (χ1) is 21.8. The molecule has 8 aromatic rings. The summed E-state index contributed by atoms with van der Waals surface area (Å²) in [6, 6.07) is 41.8. The van der Waals surface area contributed by atoms with Crippen LogP contribution in [0, 0.1) is 0 Å². The first kappa shape index (κ1) is 26.0. The number of para-hydroxylation sites is 4. The fraction of sp³-hybridized carbons (Fsp3) is 0.105. The Labute approximate surface area is 254 Å². The summed E-state index contributed by atoms with van der Waals surface area (Å²) in [6.07, 6.45) is 3.77. The largest absolute Gasteiger partial charge is 0.491 e. The number of fused-ring (bicyclic) bond motifs is 4. The van der Waals surface area contributed by atoms with E-state index in [1.807, 2.05) is 49.1 Å². The van der Waals surface area contributed by atoms with Crippen LogP contribution in [0.3, 0.4) is 0 Å². The molecule has 0 atom stereocenters. The maximum absolute atomic E-state index is 6.62. The van der Waals surface area contributed by atoms with Crippen LogP contribution in [0.25, 0.3) is 54.7 Å². The Balaban J connectivity index is 1.18. The van der Waals surface area contributed by atoms with Gasteiger partial charge in [-0.1, -0.05) is 84.9 Å². The van der Waals surface area contributed by atoms with Crippen molar-refractivity contribution in [1.29, 1.82) is 0 Å². The first-order valence-electron chi connectivity index (χ1n) is 14.9. The Morgan fingerprint density at radius 2 is 0.886 bits per heavy atom. The van der Waals surface area contributed by atoms with E-state index in [1.165, 1.54) is 0 Å². The molecule has 0 unspecified atom stereocenters. The summed E-state index contributed by atoms with van der Waals surface area (Å²) in [5.41, 5.74) is 6.26. The lowest BCUT2D eigenvalue weighted by atomic mass is 9.92. The standard InChI is InChI=1S/C38H30N4O2/c1-3-11-29-27(9-1)17-19-35(43-23-21-41-25-39-31-13-5-7-15-33(31)41)37(29)38-30-12-4-2-10-28(30)18-20-36(38)44-24-22-42-26-40-32-14-6-8-16-34(32)42/h1-20,25-26H,21-24H2. The summed E-state index contributed by atoms with van der Waals surface area (Å²) in [7, 11) is 0. The predicted molar refractivity (Wildman–Crippen MR) is 177 cm³/mol. The maximum atomic E-state index is 6.62. The zero-order valence-electron chi connectivity index (χ0n) is 24.1. The highest BCUT2D eigenvalue weighted by atomic mass is 16.5. The zero-order chi connectivity index (χ0) is 29.3. The third kappa shape index (κ3) is 4.71. The summed E-state index contributed by atoms with van der Waals surface area (Å²) in [6.45, 7) is 2.37. The van der Waals surface area contributed by atoms with Crippen molar-refractivity contribution >= 4 is 43.6 Å². The van der Waals surface area contributed by atoms with Crippen LogP contribution in [0.2, 0.25) is 0 Å². The number of imidazole rings is 2. The summed E-state index contributed by atoms with van der Waals surface area (Å²) in [4.78, 5) is 9.09. The molecule has 6 heteroatoms. The van der Waals surface area contributed by atoms with Crippen LogP contribution < -0.4 is 9.47 Å². The van der Waals surface area contributed by atoms with Gasteiger partial charge in [0.15, 0.2) is 0 Å². The molecule has 0 bridgehead atoms. The molecule has 6 nitrogen and oxygen atoms in total. The minimum Gasteiger partial charge on any atom is -0.491 e. The van der Waals surface area contributed by atoms with Crippen LogP contribution in [-0.2, 0) is 13.1 Å². The van der Waals surface area contributed by atoms with E-state index in [2.05, 4.69) is 104 Å². The molecular formula is C38H30N4O2. The van der Waals surface area contributed by atoms with E-state index >= 15 is 0 Å². The molecule has 0 saturated heterocycles. The molecule has 0 aliphatic rings. The number of aromatic nitrogens is 4. The van der Waals surface area contributed by atoms with Crippen molar-refractivity contribution in [3.63, 3.8) is 0 Å². The van der Waals surface area contributed by atoms with Crippen LogP contribution in [0.4, 0.5) is 0 Å². The highest BCUT2D eigenvalue weighted by Crippen LogP contribution is 2.45. The fourth-order valence-corrected chi connectivity index (χ4v) is 6.14. The van der Waals surface area contributed by atoms with Crippen LogP contribution in [-0.4, -0.2) is 32.3 Å². The van der Waals surface area contributed by atoms with Gasteiger partial charge in [-0.05, 0) is 57.9 Å². The molecule has 8 rings (SSSR count). The van der Waals surface area contributed by atoms with Crippen molar-refractivity contribution in [2.45, 2.75) is 13.1 Å². The summed E-state index contributed by atoms with van der Waals surface area (Å²) >= 11 is 0. The molecule has 0 saturated carbocycles. The highest BCUT2D eigenvalue weighted by Gasteiger charge is 2.19. The second-order valence-corrected chi connectivity index (χ2v) is 10.9. The SMILES string of the molecule is c1ccc2c(-c3c(OCCn4cnc5ccccc54)ccc4ccccc34)c(OCCn3cnc4ccccc43)ccc2c1. The summed E-state index contributed by atoms with van der Waals surface area (Å²) in [5.74, 6) is 1.66. The van der Waals surface area contributed by atoms with Crippen LogP contribution in [0.5, 0.6) is 11.5 Å². The van der Waals surface area contributed by atoms with Gasteiger partial charge in [-0.3, -0.25) is 0 Å². The number of hydrogen-bond acceptors (Lipinski definition) is 4. The lowest BCUT2D eigenvalue weighted by molar-refractivity contribution is 0.297. The predicted octanol–water partition coefficient (Wildman–Crippen LogP) is 8.52. The van der Waals surface area contributed by atoms with Crippen molar-refractivity contribution < 1.29 is 9.47 Å². The van der Waals surface area contributed by atoms with Crippen molar-refractivity contribution in [2.24, 2.45) is 0 Å². The number of rotatable bonds is 9. The van der Waals surface area contributed by atoms with E-state index in [-0.39, 0.29) is 0 Å². The van der Waals surface area contributed by atoms with E-state index in [9.17, 15) is 0 Å². The third-order valence-corrected chi connectivity index (χ3v) is 8.27. The highest BCUT2D eigenvalue weighted by molar-refractivity contribution is 6.09. The quantitative estimate of drug-likeness (QED) is 0.173. The number of hydrogen-bond donors (Lipinski definition) is 0. The zero-order valence-corrected chi connectivity index (χ0v) is 24.1. The van der Waals surface area contributed by atoms with Crippen LogP contribution >= 0.6 is 0 Å². The lowest BCUT2D eigenvalue weighted by Gasteiger charge is -2.20. The van der Waals surface area contributed by atoms with Crippen LogP contribution in [0.1, 0.15) is 0 Å². The number of nitrogens with zero attached hydrogens (tertiary/aromatic N) is 4. The van der Waals surface area contributed by atoms with E-state index in [0.29, 0.717) is 26.3 Å². The molecule has 0 fully saturated rings. The average Bonchev–Trinajstić information content (AvgIpc) is 3.69. The Kier molecular flexibility index (Phi) is 6.64. The molecule has 0 N–H and O–H groups in total. The van der Waals surface area contributed by atoms with Gasteiger partial charge >= 0.3 is 0 Å². The van der Waals surface area contributed by atoms with E-state index < -0.39 is 0 Å². The smallest absolute Gasteiger partial charge is 0.128 e. The molecule has 0 amide bonds. The van der Waals surface area contributed by atoms with Gasteiger partial charge in [0, 0.05) is 11.1 Å². The summed E-state index contributed by atoms with van der Waals surface area (Å²) in [5, 5.41) is 4.55. The third-order valence-electron chi connectivity index (χ3n) is 8.27. The van der Waals surface area contributed by atoms with Gasteiger partial charge in [-0.2, -0.15) is 0 Å². The van der Waals surface area contributed by atoms with Gasteiger partial charge in [0.05, 0.1) is 47.8 Å². The molecular weight excluding hydrogens is 544 g/mol. The first-order valence-corrected chi connectivity index (χ1v) is 14.9. The monoisotopic (exact) mass is 574 g/mol. The molecule has 214 valence electrons. The van der Waals surface area contributed by atoms with Crippen molar-refractivity contribution in [2.75, 3.05) is 13.2 Å². The Morgan fingerprint density at radius 1 is 0.455 bits per heavy atom. The van der Waals surface area contributed by atoms with Gasteiger partial charge in [-0.25, -0.2) is 9.97 Å². The van der Waals surface area contributed by atoms with Crippen molar-refractivity contribution in [1.82, 2.24) is 19.1 Å². The minimum absolute atomic E-state index is 0.500. The molecule has 0 aliphatic carbocycles. The fourth-order valence-electron chi connectivity index (χ4n) is 6.14. The molecule has 44 heavy (non-hydrogen) atoms. The van der Waals surface area contributed by atoms with Crippen LogP contribution in [0.15, 0.2) is 134 Å². The van der Waals surface area contributed by atoms with Gasteiger partial charge in [-0.15, -0.1) is 0 Å². The van der Waals surface area contributed by atoms with E-state index in [1.54, 1.807) is 0 Å². The molecule has 2 heterocycles. The normalized spacial score (nSPS) is 11.5. The van der Waals surface area contributed by atoms with Gasteiger partial charge in [0.1, 0.15) is 24.7 Å². The molecule has 0 spiro atoms. The molecule has 6 aromatic carbocycles. The van der Waals surface area contributed by atoms with E-state index in [0.717, 1.165) is 66.2 Å². The minimum atomic E-state index is 0.500. The average molecular weight is 575 g/mol. The second kappa shape index (κ2) is 11.2. The Bertz CT molecular complexity index is 2100. The number of ether oxygens (including phenoxy) is 2. The molecule has 2 aromatic heterocycles. The maximum Gasteiger partial charge on any atom is 0.128 e. The van der Waals surface area contributed by atoms with Gasteiger partial charge in [0.2, 0.25) is 0 Å². The molecule has 0 radical (unpaired) electrons. The Hall–Kier alpha value is -5.62. The molecule has 0 aliphatic heterocycles. The van der Waals surface area contributed by atoms with Gasteiger partial charge in [0.25, 0.3) is 0 Å². The Morgan fingerprint density at radius 3 is 1.39 bits per heavy atom. The number of benzene rings is 6. The van der Waals surface area contributed by atoms with Gasteiger partial charge < -0.3 is 18.6 Å².